The zero-order valence-corrected chi connectivity index (χ0v) is 54.2. The number of aryl methyl sites for hydroxylation is 4. The van der Waals surface area contributed by atoms with Gasteiger partial charge in [0.15, 0.2) is 37.3 Å². The lowest BCUT2D eigenvalue weighted by atomic mass is 10.2. The van der Waals surface area contributed by atoms with Gasteiger partial charge in [-0.1, -0.05) is 70.7 Å². The van der Waals surface area contributed by atoms with E-state index in [9.17, 15) is 46.2 Å². The molecular weight excluding hydrogens is 1400 g/mol. The molecule has 92 heavy (non-hydrogen) atoms. The van der Waals surface area contributed by atoms with E-state index in [-0.39, 0.29) is 32.8 Å². The van der Waals surface area contributed by atoms with Gasteiger partial charge >= 0.3 is 31.3 Å². The second-order valence-corrected chi connectivity index (χ2v) is 24.7. The molecular formula is C46H50Cl4F2N16O20P4. The molecule has 0 radical (unpaired) electrons. The summed E-state index contributed by atoms with van der Waals surface area (Å²) in [5.74, 6) is -5.42. The molecule has 8 rings (SSSR count). The first-order chi connectivity index (χ1) is 42.6. The molecule has 0 saturated carbocycles. The maximum Gasteiger partial charge on any atom is 0.471 e. The number of aromatic nitrogens is 12. The molecule has 0 aliphatic heterocycles. The van der Waals surface area contributed by atoms with E-state index >= 15 is 0 Å². The topological polar surface area (TPSA) is 506 Å². The Hall–Kier alpha value is -7.22. The summed E-state index contributed by atoms with van der Waals surface area (Å²) in [5.41, 5.74) is 3.53. The smallest absolute Gasteiger partial charge is 0.319 e. The van der Waals surface area contributed by atoms with Gasteiger partial charge in [-0.05, 0) is 112 Å². The number of phosphoric acid groups is 4. The number of nitrogens with zero attached hydrogens (tertiary/aromatic N) is 12. The standard InChI is InChI=1S/C12H13ClFN4O5P.C12H14ClN4O5P.C11H11ClFN4O5P.C11H12ClN4O5P/c1-6-3-4-9(8(13)5-6)15-12(19)10-11(14)17-18(16-10)7(2)23-24(20,21)22;1-7-3-4-10(9(13)5-7)15-12(18)11-6-14-17(16-11)8(2)22-23(19,20)21;1-6-2-3-8(7(12)4-6)14-11(18)9-10(13)16-17(15-9)5-22-23(19,20)21;1-7-2-3-9(8(12)4-7)14-11(17)10-5-13-16(15-10)6-21-22(18,19)20/h3-5,7H,1-2H3,(H,15,19)(H2,20,21,22);3-6,8H,1-2H3,(H,15,18)(H2,19,20,21);2-4H,5H2,1H3,(H,14,18)(H2,19,20,21);2-5H,6H2,1H3,(H,14,17)(H2,18,19,20). The summed E-state index contributed by atoms with van der Waals surface area (Å²) in [6.07, 6.45) is -0.234. The predicted octanol–water partition coefficient (Wildman–Crippen LogP) is 7.64. The van der Waals surface area contributed by atoms with Crippen molar-refractivity contribution in [3.63, 3.8) is 0 Å². The summed E-state index contributed by atoms with van der Waals surface area (Å²) in [7, 11) is -18.9. The maximum atomic E-state index is 13.8. The second kappa shape index (κ2) is 32.6. The zero-order valence-electron chi connectivity index (χ0n) is 47.6. The Morgan fingerprint density at radius 2 is 0.793 bits per heavy atom. The highest BCUT2D eigenvalue weighted by Crippen LogP contribution is 2.41. The van der Waals surface area contributed by atoms with E-state index in [0.29, 0.717) is 31.0 Å². The summed E-state index contributed by atoms with van der Waals surface area (Å²) in [4.78, 5) is 120. The van der Waals surface area contributed by atoms with Gasteiger partial charge in [0.05, 0.1) is 55.2 Å². The van der Waals surface area contributed by atoms with Gasteiger partial charge in [-0.3, -0.25) is 37.3 Å². The van der Waals surface area contributed by atoms with E-state index in [1.165, 1.54) is 26.0 Å². The quantitative estimate of drug-likeness (QED) is 0.0326. The molecule has 4 heterocycles. The predicted molar refractivity (Wildman–Crippen MR) is 319 cm³/mol. The number of hydrogen-bond acceptors (Lipinski definition) is 20. The van der Waals surface area contributed by atoms with Gasteiger partial charge in [-0.25, -0.2) is 18.3 Å². The summed E-state index contributed by atoms with van der Waals surface area (Å²) in [6, 6.07) is 20.0. The molecule has 8 aromatic rings. The number of carbonyl (C=O) groups excluding carboxylic acids is 4. The van der Waals surface area contributed by atoms with Crippen LogP contribution in [0, 0.1) is 39.6 Å². The minimum atomic E-state index is -4.82. The summed E-state index contributed by atoms with van der Waals surface area (Å²) >= 11 is 24.0. The SMILES string of the molecule is Cc1ccc(NC(=O)c2cnn(C(C)OP(=O)(O)O)n2)c(Cl)c1.Cc1ccc(NC(=O)c2cnn(COP(=O)(O)O)n2)c(Cl)c1.Cc1ccc(NC(=O)c2nn(C(C)OP(=O)(O)O)nc2F)c(Cl)c1.Cc1ccc(NC(=O)c2nn(COP(=O)(O)O)nc2F)c(Cl)c1. The van der Waals surface area contributed by atoms with Crippen molar-refractivity contribution in [1.82, 2.24) is 60.0 Å². The maximum absolute atomic E-state index is 13.8. The fraction of sp³-hybridized carbons (Fsp3) is 0.217. The molecule has 0 aliphatic rings. The molecule has 0 aliphatic carbocycles. The van der Waals surface area contributed by atoms with Crippen LogP contribution in [-0.4, -0.2) is 123 Å². The third-order valence-corrected chi connectivity index (χ3v) is 13.9. The molecule has 46 heteroatoms. The number of carbonyl (C=O) groups is 4. The highest BCUT2D eigenvalue weighted by atomic mass is 35.5. The van der Waals surface area contributed by atoms with E-state index in [1.54, 1.807) is 60.7 Å². The number of amides is 4. The minimum absolute atomic E-state index is 0.0500. The lowest BCUT2D eigenvalue weighted by molar-refractivity contribution is 0.0745. The first-order valence-electron chi connectivity index (χ1n) is 24.9. The number of hydrogen-bond donors (Lipinski definition) is 12. The van der Waals surface area contributed by atoms with Gasteiger partial charge < -0.3 is 60.4 Å². The highest BCUT2D eigenvalue weighted by molar-refractivity contribution is 7.47. The lowest BCUT2D eigenvalue weighted by Gasteiger charge is -2.12. The van der Waals surface area contributed by atoms with Gasteiger partial charge in [0.1, 0.15) is 0 Å². The third-order valence-electron chi connectivity index (χ3n) is 10.5. The van der Waals surface area contributed by atoms with Crippen LogP contribution >= 0.6 is 77.7 Å². The Morgan fingerprint density at radius 3 is 1.17 bits per heavy atom. The van der Waals surface area contributed by atoms with Crippen LogP contribution in [0.2, 0.25) is 20.1 Å². The number of nitrogens with one attached hydrogen (secondary N) is 4. The fourth-order valence-electron chi connectivity index (χ4n) is 6.51. The van der Waals surface area contributed by atoms with E-state index in [0.717, 1.165) is 44.2 Å². The Morgan fingerprint density at radius 1 is 0.457 bits per heavy atom. The van der Waals surface area contributed by atoms with Crippen molar-refractivity contribution < 1.29 is 103 Å². The number of rotatable bonds is 20. The molecule has 4 aromatic carbocycles. The number of halogens is 6. The number of benzene rings is 4. The number of anilines is 4. The van der Waals surface area contributed by atoms with Crippen molar-refractivity contribution in [3.8, 4) is 0 Å². The van der Waals surface area contributed by atoms with Gasteiger partial charge in [-0.15, -0.1) is 30.6 Å². The molecule has 2 atom stereocenters. The molecule has 0 bridgehead atoms. The van der Waals surface area contributed by atoms with E-state index in [4.69, 9.17) is 85.6 Å². The van der Waals surface area contributed by atoms with Gasteiger partial charge in [0.2, 0.25) is 11.4 Å². The average molecular weight is 1450 g/mol. The van der Waals surface area contributed by atoms with E-state index in [2.05, 4.69) is 80.2 Å². The monoisotopic (exact) mass is 1450 g/mol. The minimum Gasteiger partial charge on any atom is -0.319 e. The molecule has 0 spiro atoms. The van der Waals surface area contributed by atoms with Crippen molar-refractivity contribution >= 4 is 124 Å². The van der Waals surface area contributed by atoms with Crippen molar-refractivity contribution in [2.45, 2.75) is 67.5 Å². The van der Waals surface area contributed by atoms with Crippen molar-refractivity contribution in [3.05, 3.63) is 162 Å². The lowest BCUT2D eigenvalue weighted by Crippen LogP contribution is -2.16. The first kappa shape index (κ1) is 75.5. The van der Waals surface area contributed by atoms with Crippen LogP contribution in [0.15, 0.2) is 85.2 Å². The highest BCUT2D eigenvalue weighted by Gasteiger charge is 2.28. The second-order valence-electron chi connectivity index (χ2n) is 18.2. The van der Waals surface area contributed by atoms with Gasteiger partial charge in [0.25, 0.3) is 35.5 Å². The van der Waals surface area contributed by atoms with Gasteiger partial charge in [0, 0.05) is 0 Å². The largest absolute Gasteiger partial charge is 0.471 e. The zero-order chi connectivity index (χ0) is 68.8. The fourth-order valence-corrected chi connectivity index (χ4v) is 9.11. The molecule has 12 N–H and O–H groups in total. The first-order valence-corrected chi connectivity index (χ1v) is 32.5. The Labute approximate surface area is 536 Å². The third kappa shape index (κ3) is 25.0. The Bertz CT molecular complexity index is 4180. The van der Waals surface area contributed by atoms with Crippen molar-refractivity contribution in [2.24, 2.45) is 0 Å². The van der Waals surface area contributed by atoms with Crippen LogP contribution in [0.4, 0.5) is 31.5 Å². The summed E-state index contributed by atoms with van der Waals surface area (Å²) in [6.45, 7) is 8.46. The van der Waals surface area contributed by atoms with Gasteiger partial charge in [-0.2, -0.15) is 38.2 Å². The van der Waals surface area contributed by atoms with Crippen LogP contribution in [0.1, 0.15) is 90.5 Å². The number of phosphoric ester groups is 4. The molecule has 4 aromatic heterocycles. The summed E-state index contributed by atoms with van der Waals surface area (Å²) < 4.78 is 87.1. The Kier molecular flexibility index (Phi) is 26.7. The van der Waals surface area contributed by atoms with Crippen LogP contribution in [0.3, 0.4) is 0 Å². The van der Waals surface area contributed by atoms with E-state index in [1.807, 2.05) is 27.7 Å². The molecule has 0 saturated heterocycles. The van der Waals surface area contributed by atoms with Crippen molar-refractivity contribution in [2.75, 3.05) is 21.3 Å². The summed E-state index contributed by atoms with van der Waals surface area (Å²) in [5, 5.41) is 39.6. The molecule has 4 amide bonds. The molecule has 36 nitrogen and oxygen atoms in total. The van der Waals surface area contributed by atoms with Crippen molar-refractivity contribution in [1.29, 1.82) is 0 Å². The molecule has 2 unspecified atom stereocenters. The van der Waals surface area contributed by atoms with E-state index < -0.39 is 104 Å². The molecule has 0 fully saturated rings. The normalized spacial score (nSPS) is 12.2. The van der Waals surface area contributed by atoms with Crippen LogP contribution < -0.4 is 21.3 Å². The average Bonchev–Trinajstić information content (AvgIpc) is 1.77. The van der Waals surface area contributed by atoms with Crippen LogP contribution in [0.25, 0.3) is 0 Å². The van der Waals surface area contributed by atoms with Crippen LogP contribution in [-0.2, 0) is 49.8 Å². The molecule has 496 valence electrons. The van der Waals surface area contributed by atoms with Crippen LogP contribution in [0.5, 0.6) is 0 Å². The Balaban J connectivity index is 0.000000223.